The number of anilines is 1. The quantitative estimate of drug-likeness (QED) is 0.620. The highest BCUT2D eigenvalue weighted by Crippen LogP contribution is 2.39. The van der Waals surface area contributed by atoms with E-state index in [2.05, 4.69) is 43.0 Å². The molecule has 0 unspecified atom stereocenters. The summed E-state index contributed by atoms with van der Waals surface area (Å²) in [5, 5.41) is 9.90. The lowest BCUT2D eigenvalue weighted by Crippen LogP contribution is -2.33. The molecule has 1 aliphatic heterocycles. The van der Waals surface area contributed by atoms with Gasteiger partial charge in [0.15, 0.2) is 12.4 Å². The van der Waals surface area contributed by atoms with Gasteiger partial charge in [0.2, 0.25) is 0 Å². The standard InChI is InChI=1S/C23H25N3O3/c1-3-26(4-2)18-7-8-19-21(13-18)29-15-17-12-16-9-11-25(10-5-6-22(27)28)14-20(16)24-23(17)19/h7-9,11-14H,3-6,10,15H2,1-2H3/p+1. The first-order chi connectivity index (χ1) is 14.1. The Morgan fingerprint density at radius 1 is 1.24 bits per heavy atom. The molecule has 0 bridgehead atoms. The van der Waals surface area contributed by atoms with Gasteiger partial charge >= 0.3 is 5.97 Å². The van der Waals surface area contributed by atoms with Crippen molar-refractivity contribution in [3.05, 3.63) is 48.3 Å². The Hall–Kier alpha value is -3.15. The molecule has 1 aromatic carbocycles. The zero-order valence-corrected chi connectivity index (χ0v) is 16.9. The predicted octanol–water partition coefficient (Wildman–Crippen LogP) is 3.79. The Bertz CT molecular complexity index is 1060. The second kappa shape index (κ2) is 8.07. The topological polar surface area (TPSA) is 66.5 Å². The maximum absolute atomic E-state index is 10.7. The van der Waals surface area contributed by atoms with Gasteiger partial charge in [0, 0.05) is 53.8 Å². The van der Waals surface area contributed by atoms with Crippen molar-refractivity contribution in [2.45, 2.75) is 39.8 Å². The first-order valence-corrected chi connectivity index (χ1v) is 10.2. The number of fused-ring (bicyclic) bond motifs is 4. The Morgan fingerprint density at radius 3 is 2.83 bits per heavy atom. The van der Waals surface area contributed by atoms with E-state index in [1.54, 1.807) is 0 Å². The van der Waals surface area contributed by atoms with E-state index in [9.17, 15) is 4.79 Å². The third-order valence-electron chi connectivity index (χ3n) is 5.43. The number of carboxylic acids is 1. The second-order valence-electron chi connectivity index (χ2n) is 7.29. The van der Waals surface area contributed by atoms with E-state index in [0.29, 0.717) is 19.6 Å². The number of aliphatic carboxylic acids is 1. The first-order valence-electron chi connectivity index (χ1n) is 10.2. The molecule has 4 rings (SSSR count). The number of nitrogens with zero attached hydrogens (tertiary/aromatic N) is 3. The monoisotopic (exact) mass is 392 g/mol. The number of hydrogen-bond acceptors (Lipinski definition) is 4. The van der Waals surface area contributed by atoms with Crippen LogP contribution in [0, 0.1) is 0 Å². The van der Waals surface area contributed by atoms with Gasteiger partial charge in [-0.2, -0.15) is 0 Å². The summed E-state index contributed by atoms with van der Waals surface area (Å²) in [5.74, 6) is 0.110. The highest BCUT2D eigenvalue weighted by atomic mass is 16.5. The molecule has 1 aliphatic rings. The number of aromatic nitrogens is 2. The van der Waals surface area contributed by atoms with Gasteiger partial charge in [-0.25, -0.2) is 9.55 Å². The van der Waals surface area contributed by atoms with Crippen LogP contribution in [0.15, 0.2) is 42.7 Å². The summed E-state index contributed by atoms with van der Waals surface area (Å²) in [6.45, 7) is 7.39. The Morgan fingerprint density at radius 2 is 2.07 bits per heavy atom. The van der Waals surface area contributed by atoms with Gasteiger partial charge in [-0.3, -0.25) is 4.79 Å². The van der Waals surface area contributed by atoms with Crippen LogP contribution in [-0.2, 0) is 17.9 Å². The minimum absolute atomic E-state index is 0.169. The fraction of sp³-hybridized carbons (Fsp3) is 0.348. The molecular formula is C23H26N3O3+. The van der Waals surface area contributed by atoms with Crippen LogP contribution in [0.2, 0.25) is 0 Å². The van der Waals surface area contributed by atoms with Crippen molar-refractivity contribution < 1.29 is 19.2 Å². The molecule has 0 saturated heterocycles. The SMILES string of the molecule is CCN(CC)c1ccc2c(c1)OCc1cc3cc[n+](CCCC(=O)O)cc3nc1-2. The summed E-state index contributed by atoms with van der Waals surface area (Å²) < 4.78 is 8.06. The smallest absolute Gasteiger partial charge is 0.303 e. The summed E-state index contributed by atoms with van der Waals surface area (Å²) in [4.78, 5) is 18.0. The molecule has 0 radical (unpaired) electrons. The number of carbonyl (C=O) groups is 1. The van der Waals surface area contributed by atoms with Crippen molar-refractivity contribution in [1.82, 2.24) is 4.98 Å². The lowest BCUT2D eigenvalue weighted by molar-refractivity contribution is -0.696. The third-order valence-corrected chi connectivity index (χ3v) is 5.43. The normalized spacial score (nSPS) is 12.2. The van der Waals surface area contributed by atoms with Gasteiger partial charge in [-0.15, -0.1) is 0 Å². The second-order valence-corrected chi connectivity index (χ2v) is 7.29. The molecule has 0 atom stereocenters. The highest BCUT2D eigenvalue weighted by molar-refractivity contribution is 5.84. The van der Waals surface area contributed by atoms with E-state index in [1.807, 2.05) is 23.0 Å². The van der Waals surface area contributed by atoms with Crippen LogP contribution in [0.5, 0.6) is 5.75 Å². The number of pyridine rings is 2. The molecule has 2 aromatic heterocycles. The molecule has 0 aliphatic carbocycles. The van der Waals surface area contributed by atoms with Gasteiger partial charge in [0.25, 0.3) is 0 Å². The van der Waals surface area contributed by atoms with E-state index in [0.717, 1.165) is 52.3 Å². The molecule has 1 N–H and O–H groups in total. The maximum atomic E-state index is 10.7. The average molecular weight is 392 g/mol. The van der Waals surface area contributed by atoms with E-state index in [1.165, 1.54) is 0 Å². The van der Waals surface area contributed by atoms with Crippen LogP contribution in [0.1, 0.15) is 32.3 Å². The van der Waals surface area contributed by atoms with Crippen molar-refractivity contribution in [3.63, 3.8) is 0 Å². The number of carboxylic acid groups (broad SMARTS) is 1. The molecule has 150 valence electrons. The van der Waals surface area contributed by atoms with E-state index >= 15 is 0 Å². The van der Waals surface area contributed by atoms with Gasteiger partial charge in [0.05, 0.1) is 12.1 Å². The van der Waals surface area contributed by atoms with Crippen molar-refractivity contribution in [2.24, 2.45) is 0 Å². The van der Waals surface area contributed by atoms with Crippen LogP contribution in [0.25, 0.3) is 22.2 Å². The molecule has 0 saturated carbocycles. The van der Waals surface area contributed by atoms with Crippen LogP contribution < -0.4 is 14.2 Å². The zero-order chi connectivity index (χ0) is 20.4. The molecule has 0 spiro atoms. The number of aryl methyl sites for hydroxylation is 1. The summed E-state index contributed by atoms with van der Waals surface area (Å²) in [5.41, 5.74) is 5.14. The van der Waals surface area contributed by atoms with Gasteiger partial charge < -0.3 is 14.7 Å². The summed E-state index contributed by atoms with van der Waals surface area (Å²) >= 11 is 0. The summed E-state index contributed by atoms with van der Waals surface area (Å²) in [6, 6.07) is 10.5. The van der Waals surface area contributed by atoms with Gasteiger partial charge in [-0.05, 0) is 32.0 Å². The minimum Gasteiger partial charge on any atom is -0.488 e. The van der Waals surface area contributed by atoms with Gasteiger partial charge in [-0.1, -0.05) is 0 Å². The largest absolute Gasteiger partial charge is 0.488 e. The third kappa shape index (κ3) is 3.88. The Kier molecular flexibility index (Phi) is 5.34. The molecule has 6 heteroatoms. The molecule has 3 aromatic rings. The molecule has 0 fully saturated rings. The minimum atomic E-state index is -0.765. The van der Waals surface area contributed by atoms with Crippen LogP contribution in [-0.4, -0.2) is 29.1 Å². The number of rotatable bonds is 7. The number of hydrogen-bond donors (Lipinski definition) is 1. The fourth-order valence-electron chi connectivity index (χ4n) is 3.86. The van der Waals surface area contributed by atoms with E-state index in [4.69, 9.17) is 14.8 Å². The fourth-order valence-corrected chi connectivity index (χ4v) is 3.86. The molecule has 0 amide bonds. The number of benzene rings is 1. The van der Waals surface area contributed by atoms with Crippen molar-refractivity contribution >= 4 is 22.6 Å². The van der Waals surface area contributed by atoms with Crippen LogP contribution in [0.4, 0.5) is 5.69 Å². The lowest BCUT2D eigenvalue weighted by Gasteiger charge is -2.25. The van der Waals surface area contributed by atoms with E-state index in [-0.39, 0.29) is 6.42 Å². The Balaban J connectivity index is 1.68. The van der Waals surface area contributed by atoms with Crippen molar-refractivity contribution in [2.75, 3.05) is 18.0 Å². The summed E-state index contributed by atoms with van der Waals surface area (Å²) in [7, 11) is 0. The molecular weight excluding hydrogens is 366 g/mol. The highest BCUT2D eigenvalue weighted by Gasteiger charge is 2.21. The zero-order valence-electron chi connectivity index (χ0n) is 16.9. The van der Waals surface area contributed by atoms with Crippen LogP contribution in [0.3, 0.4) is 0 Å². The molecule has 6 nitrogen and oxygen atoms in total. The number of ether oxygens (including phenoxy) is 1. The summed E-state index contributed by atoms with van der Waals surface area (Å²) in [6.07, 6.45) is 4.74. The average Bonchev–Trinajstić information content (AvgIpc) is 2.72. The molecule has 29 heavy (non-hydrogen) atoms. The van der Waals surface area contributed by atoms with E-state index < -0.39 is 5.97 Å². The maximum Gasteiger partial charge on any atom is 0.303 e. The first kappa shape index (κ1) is 19.2. The lowest BCUT2D eigenvalue weighted by atomic mass is 10.0. The van der Waals surface area contributed by atoms with Gasteiger partial charge in [0.1, 0.15) is 24.4 Å². The van der Waals surface area contributed by atoms with Crippen molar-refractivity contribution in [3.8, 4) is 17.0 Å². The predicted molar refractivity (Wildman–Crippen MR) is 112 cm³/mol. The Labute approximate surface area is 170 Å². The van der Waals surface area contributed by atoms with Crippen LogP contribution >= 0.6 is 0 Å². The van der Waals surface area contributed by atoms with Crippen molar-refractivity contribution in [1.29, 1.82) is 0 Å². The molecule has 3 heterocycles.